The molecule has 5 heteroatoms. The second-order valence-electron chi connectivity index (χ2n) is 3.12. The van der Waals surface area contributed by atoms with Crippen molar-refractivity contribution >= 4 is 6.29 Å². The maximum absolute atomic E-state index is 10.3. The average Bonchev–Trinajstić information content (AvgIpc) is 2.76. The molecule has 70 valence electrons. The first-order valence-corrected chi connectivity index (χ1v) is 4.35. The maximum Gasteiger partial charge on any atom is 0.171 e. The molecule has 1 aliphatic heterocycles. The van der Waals surface area contributed by atoms with Gasteiger partial charge in [0.2, 0.25) is 0 Å². The molecule has 1 fully saturated rings. The summed E-state index contributed by atoms with van der Waals surface area (Å²) < 4.78 is 7.08. The number of aldehydes is 1. The van der Waals surface area contributed by atoms with E-state index in [4.69, 9.17) is 4.74 Å². The summed E-state index contributed by atoms with van der Waals surface area (Å²) in [5, 5.41) is 7.47. The summed E-state index contributed by atoms with van der Waals surface area (Å²) in [6.45, 7) is 1.53. The van der Waals surface area contributed by atoms with Gasteiger partial charge in [-0.25, -0.2) is 4.68 Å². The van der Waals surface area contributed by atoms with Gasteiger partial charge in [0.05, 0.1) is 18.8 Å². The molecule has 13 heavy (non-hydrogen) atoms. The van der Waals surface area contributed by atoms with Gasteiger partial charge in [0, 0.05) is 6.61 Å². The van der Waals surface area contributed by atoms with Gasteiger partial charge in [-0.05, 0) is 12.8 Å². The van der Waals surface area contributed by atoms with Crippen molar-refractivity contribution in [2.24, 2.45) is 0 Å². The third kappa shape index (κ3) is 1.92. The van der Waals surface area contributed by atoms with E-state index < -0.39 is 0 Å². The quantitative estimate of drug-likeness (QED) is 0.628. The van der Waals surface area contributed by atoms with Crippen molar-refractivity contribution in [1.82, 2.24) is 15.0 Å². The number of carbonyl (C=O) groups is 1. The summed E-state index contributed by atoms with van der Waals surface area (Å²) in [4.78, 5) is 10.3. The van der Waals surface area contributed by atoms with Crippen molar-refractivity contribution in [2.75, 3.05) is 6.61 Å². The van der Waals surface area contributed by atoms with Crippen molar-refractivity contribution in [2.45, 2.75) is 25.5 Å². The zero-order chi connectivity index (χ0) is 9.10. The first kappa shape index (κ1) is 8.37. The first-order valence-electron chi connectivity index (χ1n) is 4.35. The highest BCUT2D eigenvalue weighted by molar-refractivity contribution is 5.70. The second kappa shape index (κ2) is 3.66. The largest absolute Gasteiger partial charge is 0.376 e. The van der Waals surface area contributed by atoms with Crippen LogP contribution in [0.2, 0.25) is 0 Å². The molecular formula is C8H11N3O2. The molecular weight excluding hydrogens is 170 g/mol. The van der Waals surface area contributed by atoms with E-state index >= 15 is 0 Å². The van der Waals surface area contributed by atoms with Crippen LogP contribution in [0.15, 0.2) is 6.20 Å². The fraction of sp³-hybridized carbons (Fsp3) is 0.625. The predicted octanol–water partition coefficient (Wildman–Crippen LogP) is 0.270. The minimum Gasteiger partial charge on any atom is -0.376 e. The van der Waals surface area contributed by atoms with E-state index in [0.717, 1.165) is 19.4 Å². The van der Waals surface area contributed by atoms with E-state index in [9.17, 15) is 4.79 Å². The number of aromatic nitrogens is 3. The van der Waals surface area contributed by atoms with Gasteiger partial charge in [-0.3, -0.25) is 4.79 Å². The highest BCUT2D eigenvalue weighted by Crippen LogP contribution is 2.13. The van der Waals surface area contributed by atoms with Gasteiger partial charge in [-0.2, -0.15) is 0 Å². The second-order valence-corrected chi connectivity index (χ2v) is 3.12. The molecule has 0 aromatic carbocycles. The Hall–Kier alpha value is -1.23. The Labute approximate surface area is 75.7 Å². The maximum atomic E-state index is 10.3. The number of nitrogens with zero attached hydrogens (tertiary/aromatic N) is 3. The average molecular weight is 181 g/mol. The Kier molecular flexibility index (Phi) is 2.35. The molecule has 0 amide bonds. The van der Waals surface area contributed by atoms with E-state index in [1.54, 1.807) is 10.9 Å². The molecule has 0 unspecified atom stereocenters. The number of carbonyl (C=O) groups excluding carboxylic acids is 1. The first-order chi connectivity index (χ1) is 6.38. The van der Waals surface area contributed by atoms with Gasteiger partial charge in [-0.15, -0.1) is 5.10 Å². The van der Waals surface area contributed by atoms with E-state index in [1.807, 2.05) is 0 Å². The van der Waals surface area contributed by atoms with E-state index in [0.29, 0.717) is 18.5 Å². The Morgan fingerprint density at radius 2 is 2.69 bits per heavy atom. The normalized spacial score (nSPS) is 22.0. The van der Waals surface area contributed by atoms with Crippen molar-refractivity contribution in [3.63, 3.8) is 0 Å². The Morgan fingerprint density at radius 3 is 3.31 bits per heavy atom. The smallest absolute Gasteiger partial charge is 0.171 e. The fourth-order valence-corrected chi connectivity index (χ4v) is 1.45. The number of ether oxygens (including phenoxy) is 1. The molecule has 5 nitrogen and oxygen atoms in total. The lowest BCUT2D eigenvalue weighted by Crippen LogP contribution is -2.15. The van der Waals surface area contributed by atoms with Gasteiger partial charge in [-0.1, -0.05) is 5.21 Å². The summed E-state index contributed by atoms with van der Waals surface area (Å²) in [6, 6.07) is 0. The van der Waals surface area contributed by atoms with E-state index in [-0.39, 0.29) is 6.10 Å². The molecule has 0 spiro atoms. The minimum atomic E-state index is 0.237. The van der Waals surface area contributed by atoms with E-state index in [2.05, 4.69) is 10.3 Å². The van der Waals surface area contributed by atoms with Crippen LogP contribution >= 0.6 is 0 Å². The zero-order valence-electron chi connectivity index (χ0n) is 7.22. The van der Waals surface area contributed by atoms with Crippen LogP contribution in [0.25, 0.3) is 0 Å². The summed E-state index contributed by atoms with van der Waals surface area (Å²) >= 11 is 0. The Morgan fingerprint density at radius 1 is 1.77 bits per heavy atom. The Balaban J connectivity index is 1.96. The summed E-state index contributed by atoms with van der Waals surface area (Å²) in [5.74, 6) is 0. The van der Waals surface area contributed by atoms with Crippen LogP contribution in [0.1, 0.15) is 23.3 Å². The topological polar surface area (TPSA) is 57.0 Å². The minimum absolute atomic E-state index is 0.237. The van der Waals surface area contributed by atoms with Gasteiger partial charge in [0.1, 0.15) is 5.69 Å². The predicted molar refractivity (Wildman–Crippen MR) is 44.4 cm³/mol. The van der Waals surface area contributed by atoms with Crippen molar-refractivity contribution in [3.8, 4) is 0 Å². The van der Waals surface area contributed by atoms with Crippen LogP contribution < -0.4 is 0 Å². The summed E-state index contributed by atoms with van der Waals surface area (Å²) in [5.41, 5.74) is 0.373. The van der Waals surface area contributed by atoms with E-state index in [1.165, 1.54) is 0 Å². The molecule has 1 saturated heterocycles. The molecule has 1 atom stereocenters. The fourth-order valence-electron chi connectivity index (χ4n) is 1.45. The van der Waals surface area contributed by atoms with Crippen molar-refractivity contribution in [3.05, 3.63) is 11.9 Å². The molecule has 0 aliphatic carbocycles. The Bertz CT molecular complexity index is 291. The van der Waals surface area contributed by atoms with Crippen molar-refractivity contribution in [1.29, 1.82) is 0 Å². The molecule has 2 heterocycles. The van der Waals surface area contributed by atoms with Crippen LogP contribution in [0.5, 0.6) is 0 Å². The standard InChI is InChI=1S/C8H11N3O2/c12-6-7-4-11(10-9-7)5-8-2-1-3-13-8/h4,6,8H,1-3,5H2/t8-/m0/s1. The number of hydrogen-bond acceptors (Lipinski definition) is 4. The number of rotatable bonds is 3. The van der Waals surface area contributed by atoms with Gasteiger partial charge in [0.15, 0.2) is 6.29 Å². The molecule has 2 rings (SSSR count). The SMILES string of the molecule is O=Cc1cn(C[C@@H]2CCCO2)nn1. The highest BCUT2D eigenvalue weighted by atomic mass is 16.5. The zero-order valence-corrected chi connectivity index (χ0v) is 7.22. The van der Waals surface area contributed by atoms with Crippen LogP contribution in [0, 0.1) is 0 Å². The van der Waals surface area contributed by atoms with Crippen LogP contribution in [0.3, 0.4) is 0 Å². The number of hydrogen-bond donors (Lipinski definition) is 0. The van der Waals surface area contributed by atoms with Gasteiger partial charge in [0.25, 0.3) is 0 Å². The molecule has 0 radical (unpaired) electrons. The summed E-state index contributed by atoms with van der Waals surface area (Å²) in [7, 11) is 0. The van der Waals surface area contributed by atoms with Gasteiger partial charge < -0.3 is 4.74 Å². The molecule has 1 aliphatic rings. The monoisotopic (exact) mass is 181 g/mol. The van der Waals surface area contributed by atoms with Crippen LogP contribution in [-0.4, -0.2) is 34.0 Å². The lowest BCUT2D eigenvalue weighted by Gasteiger charge is -2.07. The lowest BCUT2D eigenvalue weighted by molar-refractivity contribution is 0.0934. The molecule has 0 N–H and O–H groups in total. The molecule has 0 bridgehead atoms. The molecule has 1 aromatic heterocycles. The third-order valence-electron chi connectivity index (χ3n) is 2.09. The summed E-state index contributed by atoms with van der Waals surface area (Å²) in [6.07, 6.45) is 4.74. The molecule has 0 saturated carbocycles. The van der Waals surface area contributed by atoms with Gasteiger partial charge >= 0.3 is 0 Å². The lowest BCUT2D eigenvalue weighted by atomic mass is 10.2. The molecule has 1 aromatic rings. The highest BCUT2D eigenvalue weighted by Gasteiger charge is 2.16. The third-order valence-corrected chi connectivity index (χ3v) is 2.09. The van der Waals surface area contributed by atoms with Crippen molar-refractivity contribution < 1.29 is 9.53 Å². The van der Waals surface area contributed by atoms with Crippen LogP contribution in [0.4, 0.5) is 0 Å². The van der Waals surface area contributed by atoms with Crippen LogP contribution in [-0.2, 0) is 11.3 Å².